The molecule has 0 N–H and O–H groups in total. The van der Waals surface area contributed by atoms with Crippen LogP contribution in [0, 0.1) is 5.82 Å². The van der Waals surface area contributed by atoms with Gasteiger partial charge in [0.25, 0.3) is 5.56 Å². The van der Waals surface area contributed by atoms with Crippen molar-refractivity contribution in [2.24, 2.45) is 5.10 Å². The Balaban J connectivity index is 1.65. The summed E-state index contributed by atoms with van der Waals surface area (Å²) >= 11 is 3.45. The quantitative estimate of drug-likeness (QED) is 0.214. The van der Waals surface area contributed by atoms with Crippen LogP contribution in [0.3, 0.4) is 0 Å². The second-order valence-corrected chi connectivity index (χ2v) is 10.7. The Morgan fingerprint density at radius 3 is 2.59 bits per heavy atom. The minimum atomic E-state index is -0.437. The van der Waals surface area contributed by atoms with Crippen LogP contribution in [0.15, 0.2) is 93.2 Å². The number of benzene rings is 4. The van der Waals surface area contributed by atoms with Crippen LogP contribution in [0.2, 0.25) is 0 Å². The van der Waals surface area contributed by atoms with Gasteiger partial charge in [-0.3, -0.25) is 4.79 Å². The van der Waals surface area contributed by atoms with Gasteiger partial charge < -0.3 is 4.74 Å². The standard InChI is InChI=1S/C30H25BrFN3O2/c1-30(2,3)29-34-26-13-12-21(31)16-24(26)28(36)35(29)33-17-25-23-10-5-4-8-20(23)11-14-27(25)37-18-19-7-6-9-22(32)15-19/h4-17H,18H2,1-3H3. The van der Waals surface area contributed by atoms with Crippen molar-refractivity contribution in [1.29, 1.82) is 0 Å². The number of nitrogens with zero attached hydrogens (tertiary/aromatic N) is 3. The van der Waals surface area contributed by atoms with Crippen LogP contribution < -0.4 is 10.3 Å². The first kappa shape index (κ1) is 24.8. The molecule has 0 amide bonds. The van der Waals surface area contributed by atoms with Gasteiger partial charge in [-0.25, -0.2) is 9.37 Å². The molecule has 1 heterocycles. The van der Waals surface area contributed by atoms with Crippen LogP contribution in [-0.2, 0) is 12.0 Å². The molecule has 0 saturated carbocycles. The normalized spacial score (nSPS) is 12.0. The van der Waals surface area contributed by atoms with Crippen LogP contribution in [0.25, 0.3) is 21.7 Å². The number of hydrogen-bond acceptors (Lipinski definition) is 4. The molecule has 0 atom stereocenters. The van der Waals surface area contributed by atoms with E-state index in [-0.39, 0.29) is 18.0 Å². The zero-order valence-corrected chi connectivity index (χ0v) is 22.3. The molecular formula is C30H25BrFN3O2. The summed E-state index contributed by atoms with van der Waals surface area (Å²) in [6.07, 6.45) is 1.64. The molecule has 5 rings (SSSR count). The van der Waals surface area contributed by atoms with Crippen molar-refractivity contribution in [1.82, 2.24) is 9.66 Å². The van der Waals surface area contributed by atoms with Crippen molar-refractivity contribution >= 4 is 43.8 Å². The maximum atomic E-state index is 13.7. The average Bonchev–Trinajstić information content (AvgIpc) is 2.87. The van der Waals surface area contributed by atoms with Gasteiger partial charge >= 0.3 is 0 Å². The highest BCUT2D eigenvalue weighted by atomic mass is 79.9. The molecule has 1 aromatic heterocycles. The lowest BCUT2D eigenvalue weighted by Gasteiger charge is -2.21. The Bertz CT molecular complexity index is 1720. The Labute approximate surface area is 222 Å². The van der Waals surface area contributed by atoms with E-state index in [0.29, 0.717) is 28.0 Å². The fourth-order valence-corrected chi connectivity index (χ4v) is 4.54. The Morgan fingerprint density at radius 2 is 1.81 bits per heavy atom. The minimum Gasteiger partial charge on any atom is -0.488 e. The maximum Gasteiger partial charge on any atom is 0.282 e. The predicted molar refractivity (Wildman–Crippen MR) is 150 cm³/mol. The molecule has 0 aliphatic heterocycles. The first-order valence-electron chi connectivity index (χ1n) is 11.9. The molecule has 0 aliphatic carbocycles. The number of rotatable bonds is 5. The van der Waals surface area contributed by atoms with Crippen LogP contribution in [-0.4, -0.2) is 15.9 Å². The summed E-state index contributed by atoms with van der Waals surface area (Å²) < 4.78 is 22.0. The third kappa shape index (κ3) is 5.18. The second-order valence-electron chi connectivity index (χ2n) is 9.83. The van der Waals surface area contributed by atoms with Crippen LogP contribution in [0.4, 0.5) is 4.39 Å². The molecule has 5 nitrogen and oxygen atoms in total. The number of aromatic nitrogens is 2. The smallest absolute Gasteiger partial charge is 0.282 e. The van der Waals surface area contributed by atoms with Gasteiger partial charge in [-0.15, -0.1) is 0 Å². The maximum absolute atomic E-state index is 13.7. The Hall–Kier alpha value is -3.84. The first-order chi connectivity index (χ1) is 17.7. The minimum absolute atomic E-state index is 0.190. The van der Waals surface area contributed by atoms with Gasteiger partial charge in [0.15, 0.2) is 0 Å². The summed E-state index contributed by atoms with van der Waals surface area (Å²) in [5, 5.41) is 7.06. The van der Waals surface area contributed by atoms with E-state index in [2.05, 4.69) is 21.0 Å². The lowest BCUT2D eigenvalue weighted by atomic mass is 9.95. The summed E-state index contributed by atoms with van der Waals surface area (Å²) in [7, 11) is 0. The Morgan fingerprint density at radius 1 is 1.00 bits per heavy atom. The average molecular weight is 558 g/mol. The van der Waals surface area contributed by atoms with Gasteiger partial charge in [0.05, 0.1) is 17.1 Å². The Kier molecular flexibility index (Phi) is 6.65. The summed E-state index contributed by atoms with van der Waals surface area (Å²) in [6.45, 7) is 6.18. The monoisotopic (exact) mass is 557 g/mol. The number of halogens is 2. The molecule has 7 heteroatoms. The molecule has 0 unspecified atom stereocenters. The van der Waals surface area contributed by atoms with Gasteiger partial charge in [-0.05, 0) is 52.7 Å². The van der Waals surface area contributed by atoms with Crippen LogP contribution >= 0.6 is 15.9 Å². The van der Waals surface area contributed by atoms with E-state index >= 15 is 0 Å². The summed E-state index contributed by atoms with van der Waals surface area (Å²) in [6, 6.07) is 23.5. The van der Waals surface area contributed by atoms with E-state index < -0.39 is 5.41 Å². The molecule has 0 fully saturated rings. The number of hydrogen-bond donors (Lipinski definition) is 0. The largest absolute Gasteiger partial charge is 0.488 e. The number of ether oxygens (including phenoxy) is 1. The summed E-state index contributed by atoms with van der Waals surface area (Å²) in [5.74, 6) is 0.811. The molecule has 0 aliphatic rings. The van der Waals surface area contributed by atoms with Crippen molar-refractivity contribution < 1.29 is 9.13 Å². The van der Waals surface area contributed by atoms with E-state index in [1.165, 1.54) is 16.8 Å². The number of fused-ring (bicyclic) bond motifs is 2. The topological polar surface area (TPSA) is 56.5 Å². The van der Waals surface area contributed by atoms with Crippen molar-refractivity contribution in [2.75, 3.05) is 0 Å². The van der Waals surface area contributed by atoms with E-state index in [1.54, 1.807) is 18.3 Å². The van der Waals surface area contributed by atoms with Crippen molar-refractivity contribution in [3.8, 4) is 5.75 Å². The van der Waals surface area contributed by atoms with Gasteiger partial charge in [0.1, 0.15) is 24.0 Å². The zero-order valence-electron chi connectivity index (χ0n) is 20.7. The summed E-state index contributed by atoms with van der Waals surface area (Å²) in [5.41, 5.74) is 1.36. The van der Waals surface area contributed by atoms with Crippen molar-refractivity contribution in [3.63, 3.8) is 0 Å². The molecule has 186 valence electrons. The van der Waals surface area contributed by atoms with Crippen molar-refractivity contribution in [3.05, 3.63) is 116 Å². The van der Waals surface area contributed by atoms with E-state index in [4.69, 9.17) is 9.72 Å². The van der Waals surface area contributed by atoms with Crippen LogP contribution in [0.5, 0.6) is 5.75 Å². The van der Waals surface area contributed by atoms with E-state index in [0.717, 1.165) is 20.8 Å². The predicted octanol–water partition coefficient (Wildman–Crippen LogP) is 7.21. The van der Waals surface area contributed by atoms with Gasteiger partial charge in [0.2, 0.25) is 0 Å². The highest BCUT2D eigenvalue weighted by Crippen LogP contribution is 2.28. The summed E-state index contributed by atoms with van der Waals surface area (Å²) in [4.78, 5) is 18.4. The molecule has 0 saturated heterocycles. The third-order valence-corrected chi connectivity index (χ3v) is 6.49. The SMILES string of the molecule is CC(C)(C)c1nc2ccc(Br)cc2c(=O)n1N=Cc1c(OCc2cccc(F)c2)ccc2ccccc12. The van der Waals surface area contributed by atoms with Gasteiger partial charge in [-0.1, -0.05) is 79.2 Å². The molecule has 37 heavy (non-hydrogen) atoms. The lowest BCUT2D eigenvalue weighted by Crippen LogP contribution is -2.29. The molecule has 0 bridgehead atoms. The van der Waals surface area contributed by atoms with Crippen LogP contribution in [0.1, 0.15) is 37.7 Å². The second kappa shape index (κ2) is 9.90. The molecule has 0 spiro atoms. The molecule has 4 aromatic carbocycles. The zero-order chi connectivity index (χ0) is 26.2. The molecule has 5 aromatic rings. The van der Waals surface area contributed by atoms with E-state index in [9.17, 15) is 9.18 Å². The van der Waals surface area contributed by atoms with Crippen molar-refractivity contribution in [2.45, 2.75) is 32.8 Å². The fraction of sp³-hybridized carbons (Fsp3) is 0.167. The fourth-order valence-electron chi connectivity index (χ4n) is 4.18. The lowest BCUT2D eigenvalue weighted by molar-refractivity contribution is 0.305. The van der Waals surface area contributed by atoms with Gasteiger partial charge in [0, 0.05) is 15.5 Å². The molecule has 0 radical (unpaired) electrons. The first-order valence-corrected chi connectivity index (χ1v) is 12.7. The van der Waals surface area contributed by atoms with Gasteiger partial charge in [-0.2, -0.15) is 9.78 Å². The highest BCUT2D eigenvalue weighted by molar-refractivity contribution is 9.10. The highest BCUT2D eigenvalue weighted by Gasteiger charge is 2.23. The molecular weight excluding hydrogens is 533 g/mol. The third-order valence-electron chi connectivity index (χ3n) is 6.00. The van der Waals surface area contributed by atoms with E-state index in [1.807, 2.05) is 75.4 Å².